The van der Waals surface area contributed by atoms with E-state index < -0.39 is 0 Å². The number of hydrogen-bond donors (Lipinski definition) is 0. The lowest BCUT2D eigenvalue weighted by molar-refractivity contribution is 1.34. The van der Waals surface area contributed by atoms with Crippen molar-refractivity contribution in [3.8, 4) is 0 Å². The molecule has 3 heteroatoms. The summed E-state index contributed by atoms with van der Waals surface area (Å²) in [6, 6.07) is 5.74. The van der Waals surface area contributed by atoms with E-state index in [9.17, 15) is 0 Å². The lowest BCUT2D eigenvalue weighted by Crippen LogP contribution is -1.84. The van der Waals surface area contributed by atoms with Crippen molar-refractivity contribution in [3.05, 3.63) is 39.5 Å². The second-order valence-electron chi connectivity index (χ2n) is 2.89. The number of halogens is 2. The number of hydrogen-bond acceptors (Lipinski definition) is 1. The lowest BCUT2D eigenvalue weighted by Gasteiger charge is -2.03. The number of nitrogens with zero attached hydrogens (tertiary/aromatic N) is 1. The van der Waals surface area contributed by atoms with E-state index in [0.29, 0.717) is 0 Å². The minimum absolute atomic E-state index is 0.724. The van der Waals surface area contributed by atoms with Crippen LogP contribution in [0.4, 0.5) is 0 Å². The molecular weight excluding hydrogens is 249 g/mol. The Bertz CT molecular complexity index is 468. The smallest absolute Gasteiger partial charge is 0.0720 e. The number of aromatic nitrogens is 1. The van der Waals surface area contributed by atoms with Gasteiger partial charge in [-0.1, -0.05) is 17.7 Å². The van der Waals surface area contributed by atoms with Crippen LogP contribution in [0.25, 0.3) is 10.9 Å². The molecule has 1 heterocycles. The van der Waals surface area contributed by atoms with Crippen LogP contribution in [0, 0.1) is 6.92 Å². The van der Waals surface area contributed by atoms with Gasteiger partial charge in [0.2, 0.25) is 0 Å². The van der Waals surface area contributed by atoms with E-state index in [1.54, 1.807) is 6.20 Å². The van der Waals surface area contributed by atoms with Gasteiger partial charge in [0.05, 0.1) is 5.52 Å². The predicted molar refractivity (Wildman–Crippen MR) is 59.2 cm³/mol. The number of benzene rings is 1. The lowest BCUT2D eigenvalue weighted by atomic mass is 10.1. The molecular formula is C10H7BrClN. The molecule has 0 N–H and O–H groups in total. The molecule has 0 aliphatic heterocycles. The molecule has 1 aromatic carbocycles. The van der Waals surface area contributed by atoms with Crippen LogP contribution in [0.15, 0.2) is 28.9 Å². The highest BCUT2D eigenvalue weighted by atomic mass is 79.9. The van der Waals surface area contributed by atoms with Crippen LogP contribution in [-0.2, 0) is 0 Å². The molecule has 0 aliphatic carbocycles. The summed E-state index contributed by atoms with van der Waals surface area (Å²) in [7, 11) is 0. The molecule has 0 radical (unpaired) electrons. The van der Waals surface area contributed by atoms with Gasteiger partial charge in [-0.25, -0.2) is 0 Å². The summed E-state index contributed by atoms with van der Waals surface area (Å²) in [5.74, 6) is 0. The first kappa shape index (κ1) is 8.97. The van der Waals surface area contributed by atoms with Gasteiger partial charge in [-0.2, -0.15) is 0 Å². The number of rotatable bonds is 0. The second-order valence-corrected chi connectivity index (χ2v) is 4.18. The molecule has 0 atom stereocenters. The quantitative estimate of drug-likeness (QED) is 0.695. The Kier molecular flexibility index (Phi) is 2.26. The number of fused-ring (bicyclic) bond motifs is 1. The molecule has 1 nitrogen and oxygen atoms in total. The summed E-state index contributed by atoms with van der Waals surface area (Å²) in [4.78, 5) is 4.27. The minimum Gasteiger partial charge on any atom is -0.255 e. The van der Waals surface area contributed by atoms with E-state index in [-0.39, 0.29) is 0 Å². The van der Waals surface area contributed by atoms with E-state index in [1.165, 1.54) is 5.56 Å². The SMILES string of the molecule is Cc1c(Br)cnc2cc(Cl)ccc12. The highest BCUT2D eigenvalue weighted by Gasteiger charge is 2.02. The van der Waals surface area contributed by atoms with Crippen molar-refractivity contribution < 1.29 is 0 Å². The van der Waals surface area contributed by atoms with Gasteiger partial charge in [0.15, 0.2) is 0 Å². The summed E-state index contributed by atoms with van der Waals surface area (Å²) in [6.07, 6.45) is 1.80. The average molecular weight is 257 g/mol. The third-order valence-corrected chi connectivity index (χ3v) is 3.07. The summed E-state index contributed by atoms with van der Waals surface area (Å²) >= 11 is 9.30. The van der Waals surface area contributed by atoms with Crippen molar-refractivity contribution in [2.45, 2.75) is 6.92 Å². The van der Waals surface area contributed by atoms with Crippen molar-refractivity contribution in [3.63, 3.8) is 0 Å². The molecule has 2 rings (SSSR count). The molecule has 0 aliphatic rings. The van der Waals surface area contributed by atoms with Crippen LogP contribution < -0.4 is 0 Å². The standard InChI is InChI=1S/C10H7BrClN/c1-6-8-3-2-7(12)4-10(8)13-5-9(6)11/h2-5H,1H3. The van der Waals surface area contributed by atoms with Crippen molar-refractivity contribution >= 4 is 38.4 Å². The summed E-state index contributed by atoms with van der Waals surface area (Å²) < 4.78 is 1.03. The molecule has 0 fully saturated rings. The first-order chi connectivity index (χ1) is 6.18. The summed E-state index contributed by atoms with van der Waals surface area (Å²) in [6.45, 7) is 2.06. The Hall–Kier alpha value is -0.600. The highest BCUT2D eigenvalue weighted by molar-refractivity contribution is 9.10. The zero-order valence-electron chi connectivity index (χ0n) is 7.01. The summed E-state index contributed by atoms with van der Waals surface area (Å²) in [5, 5.41) is 1.86. The van der Waals surface area contributed by atoms with Crippen LogP contribution in [0.3, 0.4) is 0 Å². The second kappa shape index (κ2) is 3.28. The molecule has 1 aromatic heterocycles. The Labute approximate surface area is 89.9 Å². The molecule has 66 valence electrons. The van der Waals surface area contributed by atoms with Crippen molar-refractivity contribution in [1.82, 2.24) is 4.98 Å². The van der Waals surface area contributed by atoms with Gasteiger partial charge in [0.1, 0.15) is 0 Å². The maximum Gasteiger partial charge on any atom is 0.0720 e. The zero-order chi connectivity index (χ0) is 9.42. The average Bonchev–Trinajstić information content (AvgIpc) is 2.12. The fourth-order valence-corrected chi connectivity index (χ4v) is 1.76. The van der Waals surface area contributed by atoms with Crippen molar-refractivity contribution in [2.24, 2.45) is 0 Å². The normalized spacial score (nSPS) is 10.7. The molecule has 0 saturated carbocycles. The van der Waals surface area contributed by atoms with Gasteiger partial charge in [-0.15, -0.1) is 0 Å². The van der Waals surface area contributed by atoms with Crippen LogP contribution in [0.2, 0.25) is 5.02 Å². The number of aryl methyl sites for hydroxylation is 1. The Morgan fingerprint density at radius 2 is 2.15 bits per heavy atom. The van der Waals surface area contributed by atoms with Gasteiger partial charge in [0, 0.05) is 21.1 Å². The van der Waals surface area contributed by atoms with Gasteiger partial charge < -0.3 is 0 Å². The van der Waals surface area contributed by atoms with Crippen molar-refractivity contribution in [2.75, 3.05) is 0 Å². The molecule has 0 bridgehead atoms. The summed E-state index contributed by atoms with van der Waals surface area (Å²) in [5.41, 5.74) is 2.13. The van der Waals surface area contributed by atoms with E-state index >= 15 is 0 Å². The highest BCUT2D eigenvalue weighted by Crippen LogP contribution is 2.25. The van der Waals surface area contributed by atoms with E-state index in [2.05, 4.69) is 27.8 Å². The van der Waals surface area contributed by atoms with E-state index in [1.807, 2.05) is 18.2 Å². The van der Waals surface area contributed by atoms with Gasteiger partial charge >= 0.3 is 0 Å². The maximum absolute atomic E-state index is 5.86. The van der Waals surface area contributed by atoms with Gasteiger partial charge in [0.25, 0.3) is 0 Å². The van der Waals surface area contributed by atoms with Crippen LogP contribution in [0.5, 0.6) is 0 Å². The van der Waals surface area contributed by atoms with Crippen LogP contribution >= 0.6 is 27.5 Å². The van der Waals surface area contributed by atoms with Gasteiger partial charge in [-0.05, 0) is 40.5 Å². The number of pyridine rings is 1. The van der Waals surface area contributed by atoms with Crippen LogP contribution in [-0.4, -0.2) is 4.98 Å². The molecule has 0 unspecified atom stereocenters. The Morgan fingerprint density at radius 1 is 1.38 bits per heavy atom. The van der Waals surface area contributed by atoms with E-state index in [0.717, 1.165) is 20.4 Å². The molecule has 13 heavy (non-hydrogen) atoms. The predicted octanol–water partition coefficient (Wildman–Crippen LogP) is 3.96. The monoisotopic (exact) mass is 255 g/mol. The topological polar surface area (TPSA) is 12.9 Å². The van der Waals surface area contributed by atoms with Gasteiger partial charge in [-0.3, -0.25) is 4.98 Å². The van der Waals surface area contributed by atoms with E-state index in [4.69, 9.17) is 11.6 Å². The maximum atomic E-state index is 5.86. The third kappa shape index (κ3) is 1.56. The first-order valence-electron chi connectivity index (χ1n) is 3.89. The fraction of sp³-hybridized carbons (Fsp3) is 0.100. The molecule has 2 aromatic rings. The fourth-order valence-electron chi connectivity index (χ4n) is 1.28. The van der Waals surface area contributed by atoms with Crippen molar-refractivity contribution in [1.29, 1.82) is 0 Å². The zero-order valence-corrected chi connectivity index (χ0v) is 9.35. The minimum atomic E-state index is 0.724. The molecule has 0 saturated heterocycles. The largest absolute Gasteiger partial charge is 0.255 e. The third-order valence-electron chi connectivity index (χ3n) is 2.04. The Balaban J connectivity index is 2.87. The van der Waals surface area contributed by atoms with Crippen LogP contribution in [0.1, 0.15) is 5.56 Å². The molecule has 0 amide bonds. The first-order valence-corrected chi connectivity index (χ1v) is 5.06. The molecule has 0 spiro atoms. The Morgan fingerprint density at radius 3 is 2.92 bits per heavy atom.